The van der Waals surface area contributed by atoms with Gasteiger partial charge in [0, 0.05) is 26.2 Å². The number of guanidine groups is 1. The summed E-state index contributed by atoms with van der Waals surface area (Å²) in [6.07, 6.45) is 4.84. The van der Waals surface area contributed by atoms with Crippen LogP contribution in [0.5, 0.6) is 0 Å². The molecule has 1 amide bonds. The molecule has 6 heteroatoms. The fourth-order valence-corrected chi connectivity index (χ4v) is 1.67. The van der Waals surface area contributed by atoms with Crippen molar-refractivity contribution in [3.8, 4) is 12.3 Å². The second-order valence-corrected chi connectivity index (χ2v) is 5.33. The van der Waals surface area contributed by atoms with E-state index in [2.05, 4.69) is 10.9 Å². The van der Waals surface area contributed by atoms with Crippen LogP contribution in [-0.2, 0) is 4.74 Å². The van der Waals surface area contributed by atoms with E-state index in [1.54, 1.807) is 4.90 Å². The molecule has 0 atom stereocenters. The van der Waals surface area contributed by atoms with Crippen molar-refractivity contribution in [3.63, 3.8) is 0 Å². The number of rotatable bonds is 1. The Hall–Kier alpha value is -1.90. The van der Waals surface area contributed by atoms with Gasteiger partial charge >= 0.3 is 6.09 Å². The molecule has 1 aliphatic heterocycles. The van der Waals surface area contributed by atoms with E-state index in [0.717, 1.165) is 0 Å². The Balaban J connectivity index is 2.45. The lowest BCUT2D eigenvalue weighted by Crippen LogP contribution is -2.53. The summed E-state index contributed by atoms with van der Waals surface area (Å²) in [7, 11) is 0. The molecule has 0 unspecified atom stereocenters. The molecule has 1 saturated heterocycles. The molecular weight excluding hydrogens is 244 g/mol. The molecule has 1 heterocycles. The van der Waals surface area contributed by atoms with E-state index in [9.17, 15) is 4.79 Å². The summed E-state index contributed by atoms with van der Waals surface area (Å²) in [6, 6.07) is 0. The minimum absolute atomic E-state index is 0.276. The minimum atomic E-state index is -0.471. The summed E-state index contributed by atoms with van der Waals surface area (Å²) in [5.41, 5.74) is 5.33. The summed E-state index contributed by atoms with van der Waals surface area (Å²) >= 11 is 0. The molecule has 0 radical (unpaired) electrons. The maximum Gasteiger partial charge on any atom is 0.410 e. The highest BCUT2D eigenvalue weighted by molar-refractivity contribution is 5.78. The van der Waals surface area contributed by atoms with Crippen LogP contribution in [0.25, 0.3) is 0 Å². The first-order valence-electron chi connectivity index (χ1n) is 6.30. The molecule has 1 aliphatic rings. The van der Waals surface area contributed by atoms with Crippen molar-refractivity contribution in [3.05, 3.63) is 0 Å². The van der Waals surface area contributed by atoms with Gasteiger partial charge in [-0.25, -0.2) is 9.79 Å². The topological polar surface area (TPSA) is 71.2 Å². The Morgan fingerprint density at radius 1 is 1.32 bits per heavy atom. The van der Waals surface area contributed by atoms with E-state index in [0.29, 0.717) is 32.1 Å². The first kappa shape index (κ1) is 15.2. The Morgan fingerprint density at radius 3 is 2.32 bits per heavy atom. The fourth-order valence-electron chi connectivity index (χ4n) is 1.67. The monoisotopic (exact) mass is 266 g/mol. The van der Waals surface area contributed by atoms with Crippen LogP contribution in [0.2, 0.25) is 0 Å². The summed E-state index contributed by atoms with van der Waals surface area (Å²) in [5.74, 6) is 2.84. The largest absolute Gasteiger partial charge is 0.444 e. The molecule has 6 nitrogen and oxygen atoms in total. The Bertz CT molecular complexity index is 384. The lowest BCUT2D eigenvalue weighted by molar-refractivity contribution is 0.0186. The van der Waals surface area contributed by atoms with Gasteiger partial charge in [0.25, 0.3) is 0 Å². The lowest BCUT2D eigenvalue weighted by Gasteiger charge is -2.36. The zero-order valence-corrected chi connectivity index (χ0v) is 11.8. The molecule has 1 rings (SSSR count). The Labute approximate surface area is 114 Å². The van der Waals surface area contributed by atoms with Gasteiger partial charge in [-0.05, 0) is 20.8 Å². The van der Waals surface area contributed by atoms with Crippen LogP contribution in [-0.4, -0.2) is 60.2 Å². The van der Waals surface area contributed by atoms with Gasteiger partial charge in [0.15, 0.2) is 5.96 Å². The van der Waals surface area contributed by atoms with Crippen molar-refractivity contribution in [2.24, 2.45) is 10.7 Å². The van der Waals surface area contributed by atoms with E-state index in [1.807, 2.05) is 25.7 Å². The highest BCUT2D eigenvalue weighted by atomic mass is 16.6. The van der Waals surface area contributed by atoms with Gasteiger partial charge in [-0.3, -0.25) is 0 Å². The van der Waals surface area contributed by atoms with Crippen molar-refractivity contribution in [1.29, 1.82) is 0 Å². The third kappa shape index (κ3) is 5.08. The van der Waals surface area contributed by atoms with Crippen LogP contribution < -0.4 is 5.73 Å². The quantitative estimate of drug-likeness (QED) is 0.426. The van der Waals surface area contributed by atoms with Crippen LogP contribution in [0.3, 0.4) is 0 Å². The summed E-state index contributed by atoms with van der Waals surface area (Å²) in [5, 5.41) is 0. The Morgan fingerprint density at radius 2 is 1.84 bits per heavy atom. The van der Waals surface area contributed by atoms with Crippen molar-refractivity contribution < 1.29 is 9.53 Å². The third-order valence-corrected chi connectivity index (χ3v) is 2.59. The summed E-state index contributed by atoms with van der Waals surface area (Å²) < 4.78 is 5.32. The fraction of sp³-hybridized carbons (Fsp3) is 0.692. The molecule has 1 fully saturated rings. The number of terminal acetylenes is 1. The molecule has 19 heavy (non-hydrogen) atoms. The van der Waals surface area contributed by atoms with Gasteiger partial charge in [0.05, 0.1) is 0 Å². The lowest BCUT2D eigenvalue weighted by atomic mass is 10.2. The second-order valence-electron chi connectivity index (χ2n) is 5.33. The van der Waals surface area contributed by atoms with Crippen molar-refractivity contribution in [2.75, 3.05) is 32.7 Å². The van der Waals surface area contributed by atoms with Gasteiger partial charge in [0.1, 0.15) is 12.1 Å². The van der Waals surface area contributed by atoms with Crippen LogP contribution >= 0.6 is 0 Å². The second kappa shape index (κ2) is 6.32. The van der Waals surface area contributed by atoms with Gasteiger partial charge in [-0.2, -0.15) is 0 Å². The first-order chi connectivity index (χ1) is 8.83. The van der Waals surface area contributed by atoms with Crippen LogP contribution in [0.4, 0.5) is 4.79 Å². The van der Waals surface area contributed by atoms with Crippen LogP contribution in [0, 0.1) is 12.3 Å². The minimum Gasteiger partial charge on any atom is -0.444 e. The zero-order valence-electron chi connectivity index (χ0n) is 11.8. The molecule has 0 aliphatic carbocycles. The molecule has 2 N–H and O–H groups in total. The van der Waals surface area contributed by atoms with Crippen LogP contribution in [0.1, 0.15) is 20.8 Å². The number of nitrogens with two attached hydrogens (primary N) is 1. The van der Waals surface area contributed by atoms with Crippen molar-refractivity contribution >= 4 is 12.1 Å². The maximum atomic E-state index is 11.9. The molecule has 0 saturated carbocycles. The van der Waals surface area contributed by atoms with Gasteiger partial charge in [0.2, 0.25) is 0 Å². The van der Waals surface area contributed by atoms with E-state index < -0.39 is 5.60 Å². The number of amides is 1. The standard InChI is InChI=1S/C13H22N4O2/c1-5-6-15-11(14)16-7-9-17(10-8-16)12(18)19-13(2,3)4/h1H,6-10H2,2-4H3,(H2,14,15). The number of carbonyl (C=O) groups excluding carboxylic acids is 1. The predicted molar refractivity (Wildman–Crippen MR) is 74.7 cm³/mol. The average molecular weight is 266 g/mol. The number of ether oxygens (including phenoxy) is 1. The van der Waals surface area contributed by atoms with Crippen molar-refractivity contribution in [1.82, 2.24) is 9.80 Å². The highest BCUT2D eigenvalue weighted by Gasteiger charge is 2.26. The molecule has 0 spiro atoms. The normalized spacial score (nSPS) is 17.1. The number of nitrogens with zero attached hydrogens (tertiary/aromatic N) is 3. The summed E-state index contributed by atoms with van der Waals surface area (Å²) in [4.78, 5) is 19.5. The molecule has 106 valence electrons. The predicted octanol–water partition coefficient (Wildman–Crippen LogP) is 0.487. The maximum absolute atomic E-state index is 11.9. The average Bonchev–Trinajstić information content (AvgIpc) is 2.34. The highest BCUT2D eigenvalue weighted by Crippen LogP contribution is 2.11. The van der Waals surface area contributed by atoms with E-state index >= 15 is 0 Å². The smallest absolute Gasteiger partial charge is 0.410 e. The first-order valence-corrected chi connectivity index (χ1v) is 6.30. The molecule has 0 aromatic rings. The van der Waals surface area contributed by atoms with Gasteiger partial charge in [-0.15, -0.1) is 6.42 Å². The van der Waals surface area contributed by atoms with E-state index in [1.165, 1.54) is 0 Å². The molecule has 0 aromatic heterocycles. The number of hydrogen-bond acceptors (Lipinski definition) is 3. The number of piperazine rings is 1. The number of carbonyl (C=O) groups is 1. The number of hydrogen-bond donors (Lipinski definition) is 1. The van der Waals surface area contributed by atoms with Gasteiger partial charge < -0.3 is 20.3 Å². The Kier molecular flexibility index (Phi) is 5.04. The third-order valence-electron chi connectivity index (χ3n) is 2.59. The number of aliphatic imine (C=N–C) groups is 1. The summed E-state index contributed by atoms with van der Waals surface area (Å²) in [6.45, 7) is 8.25. The van der Waals surface area contributed by atoms with Crippen molar-refractivity contribution in [2.45, 2.75) is 26.4 Å². The van der Waals surface area contributed by atoms with Gasteiger partial charge in [-0.1, -0.05) is 5.92 Å². The molecule has 0 bridgehead atoms. The molecular formula is C13H22N4O2. The molecule has 0 aromatic carbocycles. The SMILES string of the molecule is C#CCN=C(N)N1CCN(C(=O)OC(C)(C)C)CC1. The van der Waals surface area contributed by atoms with E-state index in [-0.39, 0.29) is 12.6 Å². The van der Waals surface area contributed by atoms with Crippen LogP contribution in [0.15, 0.2) is 4.99 Å². The van der Waals surface area contributed by atoms with E-state index in [4.69, 9.17) is 16.9 Å². The zero-order chi connectivity index (χ0) is 14.5.